The third-order valence-electron chi connectivity index (χ3n) is 4.92. The maximum absolute atomic E-state index is 4.82. The lowest BCUT2D eigenvalue weighted by molar-refractivity contribution is 0.571. The lowest BCUT2D eigenvalue weighted by atomic mass is 10.1. The zero-order chi connectivity index (χ0) is 17.1. The Morgan fingerprint density at radius 2 is 1.36 bits per heavy atom. The van der Waals surface area contributed by atoms with Crippen molar-refractivity contribution < 1.29 is 0 Å². The van der Waals surface area contributed by atoms with Crippen molar-refractivity contribution in [1.29, 1.82) is 0 Å². The molecule has 4 heterocycles. The van der Waals surface area contributed by atoms with Gasteiger partial charge in [-0.1, -0.05) is 0 Å². The number of nitrogens with zero attached hydrogens (tertiary/aromatic N) is 7. The molecule has 0 aliphatic carbocycles. The molecule has 2 aliphatic rings. The summed E-state index contributed by atoms with van der Waals surface area (Å²) in [4.78, 5) is 25.1. The molecule has 0 spiro atoms. The smallest absolute Gasteiger partial charge is 0.227 e. The SMILES string of the molecule is Cc1cnc(N2CCN(c3nccc(N4CCCCC4)n3)CC2)nc1. The van der Waals surface area contributed by atoms with Gasteiger partial charge in [0, 0.05) is 57.9 Å². The van der Waals surface area contributed by atoms with Crippen LogP contribution in [0.4, 0.5) is 17.7 Å². The van der Waals surface area contributed by atoms with Gasteiger partial charge in [-0.2, -0.15) is 4.98 Å². The van der Waals surface area contributed by atoms with E-state index in [0.29, 0.717) is 0 Å². The molecule has 0 amide bonds. The molecule has 2 saturated heterocycles. The maximum Gasteiger partial charge on any atom is 0.227 e. The minimum absolute atomic E-state index is 0.813. The number of aryl methyl sites for hydroxylation is 1. The molecule has 0 radical (unpaired) electrons. The van der Waals surface area contributed by atoms with Crippen LogP contribution in [0.15, 0.2) is 24.7 Å². The van der Waals surface area contributed by atoms with Crippen molar-refractivity contribution in [2.24, 2.45) is 0 Å². The van der Waals surface area contributed by atoms with Gasteiger partial charge in [0.05, 0.1) is 0 Å². The van der Waals surface area contributed by atoms with Crippen LogP contribution < -0.4 is 14.7 Å². The van der Waals surface area contributed by atoms with Gasteiger partial charge in [-0.25, -0.2) is 15.0 Å². The summed E-state index contributed by atoms with van der Waals surface area (Å²) >= 11 is 0. The summed E-state index contributed by atoms with van der Waals surface area (Å²) < 4.78 is 0. The zero-order valence-electron chi connectivity index (χ0n) is 14.8. The Morgan fingerprint density at radius 3 is 2.04 bits per heavy atom. The predicted molar refractivity (Wildman–Crippen MR) is 99.3 cm³/mol. The molecule has 0 bridgehead atoms. The fraction of sp³-hybridized carbons (Fsp3) is 0.556. The lowest BCUT2D eigenvalue weighted by Gasteiger charge is -2.35. The lowest BCUT2D eigenvalue weighted by Crippen LogP contribution is -2.47. The summed E-state index contributed by atoms with van der Waals surface area (Å²) in [6.45, 7) is 7.78. The normalized spacial score (nSPS) is 18.5. The molecule has 0 saturated carbocycles. The molecule has 2 aliphatic heterocycles. The number of aromatic nitrogens is 4. The monoisotopic (exact) mass is 339 g/mol. The second-order valence-electron chi connectivity index (χ2n) is 6.80. The van der Waals surface area contributed by atoms with Gasteiger partial charge < -0.3 is 14.7 Å². The summed E-state index contributed by atoms with van der Waals surface area (Å²) in [5.41, 5.74) is 1.09. The molecule has 4 rings (SSSR count). The Kier molecular flexibility index (Phi) is 4.63. The standard InChI is InChI=1S/C18H25N7/c1-15-13-20-17(21-14-15)24-9-11-25(12-10-24)18-19-6-5-16(22-18)23-7-3-2-4-8-23/h5-6,13-14H,2-4,7-12H2,1H3. The highest BCUT2D eigenvalue weighted by Gasteiger charge is 2.21. The van der Waals surface area contributed by atoms with E-state index in [1.165, 1.54) is 19.3 Å². The first-order valence-electron chi connectivity index (χ1n) is 9.16. The van der Waals surface area contributed by atoms with Crippen LogP contribution in [-0.2, 0) is 0 Å². The Balaban J connectivity index is 1.41. The van der Waals surface area contributed by atoms with Crippen LogP contribution in [0, 0.1) is 6.92 Å². The van der Waals surface area contributed by atoms with Gasteiger partial charge in [0.15, 0.2) is 0 Å². The first kappa shape index (κ1) is 16.1. The van der Waals surface area contributed by atoms with Gasteiger partial charge >= 0.3 is 0 Å². The average Bonchev–Trinajstić information content (AvgIpc) is 2.70. The molecular formula is C18H25N7. The average molecular weight is 339 g/mol. The van der Waals surface area contributed by atoms with E-state index in [1.807, 2.05) is 31.6 Å². The third kappa shape index (κ3) is 3.65. The fourth-order valence-corrected chi connectivity index (χ4v) is 3.45. The molecule has 2 aromatic heterocycles. The molecular weight excluding hydrogens is 314 g/mol. The van der Waals surface area contributed by atoms with Gasteiger partial charge in [-0.05, 0) is 37.8 Å². The van der Waals surface area contributed by atoms with Crippen molar-refractivity contribution in [1.82, 2.24) is 19.9 Å². The predicted octanol–water partition coefficient (Wildman–Crippen LogP) is 1.89. The highest BCUT2D eigenvalue weighted by Crippen LogP contribution is 2.20. The van der Waals surface area contributed by atoms with E-state index in [9.17, 15) is 0 Å². The number of rotatable bonds is 3. The first-order chi connectivity index (χ1) is 12.3. The topological polar surface area (TPSA) is 61.3 Å². The number of piperidine rings is 1. The van der Waals surface area contributed by atoms with Crippen LogP contribution in [0.2, 0.25) is 0 Å². The first-order valence-corrected chi connectivity index (χ1v) is 9.16. The van der Waals surface area contributed by atoms with Crippen molar-refractivity contribution in [2.45, 2.75) is 26.2 Å². The largest absolute Gasteiger partial charge is 0.356 e. The van der Waals surface area contributed by atoms with Crippen LogP contribution >= 0.6 is 0 Å². The molecule has 132 valence electrons. The van der Waals surface area contributed by atoms with Crippen molar-refractivity contribution in [3.05, 3.63) is 30.2 Å². The van der Waals surface area contributed by atoms with Crippen molar-refractivity contribution in [3.8, 4) is 0 Å². The molecule has 2 fully saturated rings. The Morgan fingerprint density at radius 1 is 0.720 bits per heavy atom. The van der Waals surface area contributed by atoms with Crippen molar-refractivity contribution in [2.75, 3.05) is 54.0 Å². The second-order valence-corrected chi connectivity index (χ2v) is 6.80. The molecule has 0 unspecified atom stereocenters. The Bertz CT molecular complexity index is 689. The van der Waals surface area contributed by atoms with Gasteiger partial charge in [0.1, 0.15) is 5.82 Å². The molecule has 25 heavy (non-hydrogen) atoms. The van der Waals surface area contributed by atoms with E-state index in [0.717, 1.165) is 62.5 Å². The minimum atomic E-state index is 0.813. The quantitative estimate of drug-likeness (QED) is 0.846. The summed E-state index contributed by atoms with van der Waals surface area (Å²) in [6, 6.07) is 2.03. The van der Waals surface area contributed by atoms with Crippen LogP contribution in [0.5, 0.6) is 0 Å². The molecule has 2 aromatic rings. The number of piperazine rings is 1. The number of anilines is 3. The molecule has 0 N–H and O–H groups in total. The van der Waals surface area contributed by atoms with Gasteiger partial charge in [0.25, 0.3) is 0 Å². The summed E-state index contributed by atoms with van der Waals surface area (Å²) in [7, 11) is 0. The van der Waals surface area contributed by atoms with Crippen molar-refractivity contribution in [3.63, 3.8) is 0 Å². The zero-order valence-corrected chi connectivity index (χ0v) is 14.8. The Labute approximate surface area is 148 Å². The Hall–Kier alpha value is -2.44. The van der Waals surface area contributed by atoms with Gasteiger partial charge in [-0.15, -0.1) is 0 Å². The molecule has 7 nitrogen and oxygen atoms in total. The van der Waals surface area contributed by atoms with Crippen LogP contribution in [0.25, 0.3) is 0 Å². The maximum atomic E-state index is 4.82. The third-order valence-corrected chi connectivity index (χ3v) is 4.92. The van der Waals surface area contributed by atoms with Crippen LogP contribution in [-0.4, -0.2) is 59.2 Å². The minimum Gasteiger partial charge on any atom is -0.356 e. The molecule has 0 aromatic carbocycles. The van der Waals surface area contributed by atoms with Crippen LogP contribution in [0.3, 0.4) is 0 Å². The van der Waals surface area contributed by atoms with Crippen molar-refractivity contribution >= 4 is 17.7 Å². The highest BCUT2D eigenvalue weighted by atomic mass is 15.4. The molecule has 7 heteroatoms. The molecule has 0 atom stereocenters. The summed E-state index contributed by atoms with van der Waals surface area (Å²) in [6.07, 6.45) is 9.49. The second kappa shape index (κ2) is 7.21. The van der Waals surface area contributed by atoms with Gasteiger partial charge in [0.2, 0.25) is 11.9 Å². The summed E-state index contributed by atoms with van der Waals surface area (Å²) in [5.74, 6) is 2.72. The van der Waals surface area contributed by atoms with E-state index < -0.39 is 0 Å². The highest BCUT2D eigenvalue weighted by molar-refractivity contribution is 5.45. The van der Waals surface area contributed by atoms with E-state index in [-0.39, 0.29) is 0 Å². The fourth-order valence-electron chi connectivity index (χ4n) is 3.45. The van der Waals surface area contributed by atoms with Gasteiger partial charge in [-0.3, -0.25) is 0 Å². The van der Waals surface area contributed by atoms with E-state index >= 15 is 0 Å². The summed E-state index contributed by atoms with van der Waals surface area (Å²) in [5, 5.41) is 0. The van der Waals surface area contributed by atoms with E-state index in [1.54, 1.807) is 0 Å². The number of hydrogen-bond acceptors (Lipinski definition) is 7. The number of hydrogen-bond donors (Lipinski definition) is 0. The van der Waals surface area contributed by atoms with E-state index in [2.05, 4.69) is 29.7 Å². The van der Waals surface area contributed by atoms with Crippen LogP contribution in [0.1, 0.15) is 24.8 Å². The van der Waals surface area contributed by atoms with E-state index in [4.69, 9.17) is 4.98 Å².